The molecule has 0 aliphatic carbocycles. The van der Waals surface area contributed by atoms with E-state index in [-0.39, 0.29) is 18.4 Å². The Hall–Kier alpha value is -1.70. The minimum Gasteiger partial charge on any atom is -0.326 e. The highest BCUT2D eigenvalue weighted by atomic mass is 32.2. The molecule has 1 saturated heterocycles. The second kappa shape index (κ2) is 7.04. The first-order valence-electron chi connectivity index (χ1n) is 7.88. The smallest absolute Gasteiger partial charge is 0.252 e. The van der Waals surface area contributed by atoms with E-state index in [1.54, 1.807) is 17.5 Å². The Balaban J connectivity index is 1.70. The molecule has 0 spiro atoms. The average molecular weight is 364 g/mol. The van der Waals surface area contributed by atoms with Gasteiger partial charge in [0, 0.05) is 18.8 Å². The molecule has 1 amide bonds. The van der Waals surface area contributed by atoms with Gasteiger partial charge in [-0.3, -0.25) is 4.79 Å². The first-order valence-corrected chi connectivity index (χ1v) is 10.2. The molecule has 7 heteroatoms. The molecule has 1 N–H and O–H groups in total. The number of aryl methyl sites for hydroxylation is 1. The molecule has 3 rings (SSSR count). The van der Waals surface area contributed by atoms with Crippen LogP contribution in [0.15, 0.2) is 46.0 Å². The highest BCUT2D eigenvalue weighted by Crippen LogP contribution is 2.27. The fourth-order valence-electron chi connectivity index (χ4n) is 2.88. The number of thiophene rings is 1. The van der Waals surface area contributed by atoms with Gasteiger partial charge in [0.2, 0.25) is 5.91 Å². The third-order valence-corrected chi connectivity index (χ3v) is 7.37. The van der Waals surface area contributed by atoms with E-state index in [0.717, 1.165) is 11.3 Å². The molecular weight excluding hydrogens is 344 g/mol. The summed E-state index contributed by atoms with van der Waals surface area (Å²) in [5.41, 5.74) is 1.82. The molecule has 0 radical (unpaired) electrons. The van der Waals surface area contributed by atoms with Gasteiger partial charge in [-0.1, -0.05) is 18.2 Å². The van der Waals surface area contributed by atoms with Gasteiger partial charge in [-0.2, -0.15) is 4.31 Å². The summed E-state index contributed by atoms with van der Waals surface area (Å²) in [5, 5.41) is 4.65. The minimum absolute atomic E-state index is 0.119. The maximum absolute atomic E-state index is 12.6. The van der Waals surface area contributed by atoms with Gasteiger partial charge in [-0.15, -0.1) is 11.3 Å². The van der Waals surface area contributed by atoms with Crippen molar-refractivity contribution in [2.45, 2.75) is 24.0 Å². The number of hydrogen-bond acceptors (Lipinski definition) is 4. The van der Waals surface area contributed by atoms with E-state index >= 15 is 0 Å². The summed E-state index contributed by atoms with van der Waals surface area (Å²) < 4.78 is 27.0. The summed E-state index contributed by atoms with van der Waals surface area (Å²) in [4.78, 5) is 12.5. The Morgan fingerprint density at radius 3 is 2.83 bits per heavy atom. The number of anilines is 1. The lowest BCUT2D eigenvalue weighted by molar-refractivity contribution is -0.120. The minimum atomic E-state index is -3.49. The van der Waals surface area contributed by atoms with Gasteiger partial charge < -0.3 is 5.32 Å². The Morgan fingerprint density at radius 2 is 2.12 bits per heavy atom. The zero-order valence-electron chi connectivity index (χ0n) is 13.4. The SMILES string of the molecule is Cc1cccc(NC(=O)[C@@H]2CCCN(S(=O)(=O)c3cccs3)C2)c1. The lowest BCUT2D eigenvalue weighted by atomic mass is 9.98. The number of piperidine rings is 1. The van der Waals surface area contributed by atoms with Crippen LogP contribution in [0.1, 0.15) is 18.4 Å². The fraction of sp³-hybridized carbons (Fsp3) is 0.353. The first kappa shape index (κ1) is 17.1. The highest BCUT2D eigenvalue weighted by molar-refractivity contribution is 7.91. The van der Waals surface area contributed by atoms with Crippen LogP contribution >= 0.6 is 11.3 Å². The van der Waals surface area contributed by atoms with Crippen molar-refractivity contribution >= 4 is 33.0 Å². The molecule has 1 aromatic heterocycles. The average Bonchev–Trinajstić information content (AvgIpc) is 3.10. The van der Waals surface area contributed by atoms with E-state index in [1.807, 2.05) is 31.2 Å². The number of sulfonamides is 1. The summed E-state index contributed by atoms with van der Waals surface area (Å²) in [7, 11) is -3.49. The van der Waals surface area contributed by atoms with Crippen molar-refractivity contribution in [1.82, 2.24) is 4.31 Å². The third-order valence-electron chi connectivity index (χ3n) is 4.13. The number of benzene rings is 1. The van der Waals surface area contributed by atoms with Gasteiger partial charge in [-0.05, 0) is 48.9 Å². The molecule has 5 nitrogen and oxygen atoms in total. The zero-order chi connectivity index (χ0) is 17.2. The molecule has 1 aliphatic heterocycles. The topological polar surface area (TPSA) is 66.5 Å². The van der Waals surface area contributed by atoms with Crippen LogP contribution in [0.3, 0.4) is 0 Å². The van der Waals surface area contributed by atoms with Crippen LogP contribution in [-0.2, 0) is 14.8 Å². The summed E-state index contributed by atoms with van der Waals surface area (Å²) >= 11 is 1.21. The largest absolute Gasteiger partial charge is 0.326 e. The first-order chi connectivity index (χ1) is 11.5. The fourth-order valence-corrected chi connectivity index (χ4v) is 5.55. The van der Waals surface area contributed by atoms with Crippen molar-refractivity contribution in [3.05, 3.63) is 47.3 Å². The predicted octanol–water partition coefficient (Wildman–Crippen LogP) is 3.10. The molecule has 1 aromatic carbocycles. The van der Waals surface area contributed by atoms with Gasteiger partial charge in [0.05, 0.1) is 5.92 Å². The quantitative estimate of drug-likeness (QED) is 0.906. The molecule has 1 fully saturated rings. The van der Waals surface area contributed by atoms with Crippen LogP contribution < -0.4 is 5.32 Å². The normalized spacial score (nSPS) is 19.1. The van der Waals surface area contributed by atoms with Gasteiger partial charge in [0.25, 0.3) is 10.0 Å². The second-order valence-electron chi connectivity index (χ2n) is 5.99. The molecule has 128 valence electrons. The van der Waals surface area contributed by atoms with E-state index in [2.05, 4.69) is 5.32 Å². The number of carbonyl (C=O) groups excluding carboxylic acids is 1. The molecule has 0 bridgehead atoms. The maximum Gasteiger partial charge on any atom is 0.252 e. The summed E-state index contributed by atoms with van der Waals surface area (Å²) in [6.07, 6.45) is 1.39. The van der Waals surface area contributed by atoms with Crippen LogP contribution in [0.5, 0.6) is 0 Å². The number of amides is 1. The highest BCUT2D eigenvalue weighted by Gasteiger charge is 2.33. The van der Waals surface area contributed by atoms with Crippen LogP contribution in [0.25, 0.3) is 0 Å². The van der Waals surface area contributed by atoms with Crippen molar-refractivity contribution in [3.8, 4) is 0 Å². The summed E-state index contributed by atoms with van der Waals surface area (Å²) in [6, 6.07) is 10.9. The number of nitrogens with zero attached hydrogens (tertiary/aromatic N) is 1. The zero-order valence-corrected chi connectivity index (χ0v) is 15.1. The third kappa shape index (κ3) is 3.68. The molecule has 0 saturated carbocycles. The van der Waals surface area contributed by atoms with Crippen molar-refractivity contribution in [3.63, 3.8) is 0 Å². The van der Waals surface area contributed by atoms with Gasteiger partial charge >= 0.3 is 0 Å². The van der Waals surface area contributed by atoms with Gasteiger partial charge in [0.15, 0.2) is 0 Å². The van der Waals surface area contributed by atoms with Crippen LogP contribution in [0, 0.1) is 12.8 Å². The van der Waals surface area contributed by atoms with Gasteiger partial charge in [-0.25, -0.2) is 8.42 Å². The van der Waals surface area contributed by atoms with E-state index in [1.165, 1.54) is 15.6 Å². The van der Waals surface area contributed by atoms with Crippen molar-refractivity contribution in [1.29, 1.82) is 0 Å². The Labute approximate surface area is 146 Å². The van der Waals surface area contributed by atoms with E-state index in [4.69, 9.17) is 0 Å². The second-order valence-corrected chi connectivity index (χ2v) is 9.11. The van der Waals surface area contributed by atoms with Crippen molar-refractivity contribution in [2.24, 2.45) is 5.92 Å². The number of carbonyl (C=O) groups is 1. The predicted molar refractivity (Wildman–Crippen MR) is 95.6 cm³/mol. The number of nitrogens with one attached hydrogen (secondary N) is 1. The Bertz CT molecular complexity index is 816. The van der Waals surface area contributed by atoms with E-state index in [9.17, 15) is 13.2 Å². The van der Waals surface area contributed by atoms with E-state index < -0.39 is 10.0 Å². The maximum atomic E-state index is 12.6. The van der Waals surface area contributed by atoms with Crippen LogP contribution in [-0.4, -0.2) is 31.7 Å². The molecule has 0 unspecified atom stereocenters. The van der Waals surface area contributed by atoms with Crippen molar-refractivity contribution in [2.75, 3.05) is 18.4 Å². The Kier molecular flexibility index (Phi) is 5.03. The van der Waals surface area contributed by atoms with Crippen LogP contribution in [0.4, 0.5) is 5.69 Å². The van der Waals surface area contributed by atoms with Crippen LogP contribution in [0.2, 0.25) is 0 Å². The standard InChI is InChI=1S/C17H20N2O3S2/c1-13-5-2-7-15(11-13)18-17(20)14-6-3-9-19(12-14)24(21,22)16-8-4-10-23-16/h2,4-5,7-8,10-11,14H,3,6,9,12H2,1H3,(H,18,20)/t14-/m1/s1. The molecule has 1 aliphatic rings. The monoisotopic (exact) mass is 364 g/mol. The lowest BCUT2D eigenvalue weighted by Crippen LogP contribution is -2.43. The number of rotatable bonds is 4. The lowest BCUT2D eigenvalue weighted by Gasteiger charge is -2.30. The summed E-state index contributed by atoms with van der Waals surface area (Å²) in [5.74, 6) is -0.444. The molecule has 1 atom stereocenters. The van der Waals surface area contributed by atoms with Crippen molar-refractivity contribution < 1.29 is 13.2 Å². The number of hydrogen-bond donors (Lipinski definition) is 1. The van der Waals surface area contributed by atoms with Gasteiger partial charge in [0.1, 0.15) is 4.21 Å². The summed E-state index contributed by atoms with van der Waals surface area (Å²) in [6.45, 7) is 2.66. The Morgan fingerprint density at radius 1 is 1.29 bits per heavy atom. The molecule has 24 heavy (non-hydrogen) atoms. The molecule has 2 heterocycles. The molecule has 2 aromatic rings. The molecular formula is C17H20N2O3S2. The van der Waals surface area contributed by atoms with E-state index in [0.29, 0.717) is 23.6 Å².